The quantitative estimate of drug-likeness (QED) is 0.743. The van der Waals surface area contributed by atoms with Crippen LogP contribution in [0.2, 0.25) is 0 Å². The SMILES string of the molecule is C[C@@H]1C[C@@](C#N)(C2CC2)C(=O)N1c1ccnc(Nc2ccc(C(C)(C)C(N)=O)cc2)n1. The zero-order valence-corrected chi connectivity index (χ0v) is 17.9. The van der Waals surface area contributed by atoms with Crippen LogP contribution in [-0.2, 0) is 15.0 Å². The monoisotopic (exact) mass is 418 g/mol. The fourth-order valence-corrected chi connectivity index (χ4v) is 4.28. The van der Waals surface area contributed by atoms with Gasteiger partial charge in [-0.3, -0.25) is 14.5 Å². The number of carbonyl (C=O) groups excluding carboxylic acids is 2. The van der Waals surface area contributed by atoms with Crippen LogP contribution >= 0.6 is 0 Å². The second-order valence-electron chi connectivity index (χ2n) is 9.02. The number of benzene rings is 1. The van der Waals surface area contributed by atoms with Gasteiger partial charge in [-0.1, -0.05) is 12.1 Å². The molecule has 1 aliphatic carbocycles. The Kier molecular flexibility index (Phi) is 4.92. The van der Waals surface area contributed by atoms with Crippen molar-refractivity contribution in [1.82, 2.24) is 9.97 Å². The second-order valence-corrected chi connectivity index (χ2v) is 9.02. The van der Waals surface area contributed by atoms with E-state index in [-0.39, 0.29) is 17.9 Å². The summed E-state index contributed by atoms with van der Waals surface area (Å²) in [4.78, 5) is 35.3. The molecule has 0 bridgehead atoms. The number of nitrogens with zero attached hydrogens (tertiary/aromatic N) is 4. The molecule has 8 heteroatoms. The highest BCUT2D eigenvalue weighted by Crippen LogP contribution is 2.53. The van der Waals surface area contributed by atoms with Crippen molar-refractivity contribution < 1.29 is 9.59 Å². The topological polar surface area (TPSA) is 125 Å². The van der Waals surface area contributed by atoms with Crippen molar-refractivity contribution in [3.8, 4) is 6.07 Å². The van der Waals surface area contributed by atoms with Crippen molar-refractivity contribution in [2.75, 3.05) is 10.2 Å². The molecule has 1 aromatic heterocycles. The van der Waals surface area contributed by atoms with Gasteiger partial charge >= 0.3 is 0 Å². The number of aromatic nitrogens is 2. The Morgan fingerprint density at radius 3 is 2.55 bits per heavy atom. The molecule has 1 saturated heterocycles. The molecule has 2 fully saturated rings. The summed E-state index contributed by atoms with van der Waals surface area (Å²) in [5.41, 5.74) is 5.34. The molecule has 8 nitrogen and oxygen atoms in total. The van der Waals surface area contributed by atoms with Crippen LogP contribution in [0.15, 0.2) is 36.5 Å². The minimum Gasteiger partial charge on any atom is -0.369 e. The molecule has 1 saturated carbocycles. The fourth-order valence-electron chi connectivity index (χ4n) is 4.28. The minimum absolute atomic E-state index is 0.106. The van der Waals surface area contributed by atoms with E-state index in [2.05, 4.69) is 21.4 Å². The third-order valence-electron chi connectivity index (χ3n) is 6.50. The summed E-state index contributed by atoms with van der Waals surface area (Å²) in [6.45, 7) is 5.51. The maximum Gasteiger partial charge on any atom is 0.249 e. The molecule has 4 rings (SSSR count). The standard InChI is InChI=1S/C23H26N6O2/c1-14-12-23(13-24,16-4-5-16)20(31)29(14)18-10-11-26-21(28-18)27-17-8-6-15(7-9-17)22(2,3)19(25)30/h6-11,14,16H,4-5,12H2,1-3H3,(H2,25,30)(H,26,27,28)/t14-,23-/m1/s1. The van der Waals surface area contributed by atoms with E-state index >= 15 is 0 Å². The van der Waals surface area contributed by atoms with E-state index in [0.717, 1.165) is 24.1 Å². The summed E-state index contributed by atoms with van der Waals surface area (Å²) >= 11 is 0. The molecule has 1 aromatic carbocycles. The van der Waals surface area contributed by atoms with Crippen molar-refractivity contribution in [3.63, 3.8) is 0 Å². The summed E-state index contributed by atoms with van der Waals surface area (Å²) in [6.07, 6.45) is 3.98. The van der Waals surface area contributed by atoms with Crippen LogP contribution in [-0.4, -0.2) is 27.8 Å². The first-order valence-corrected chi connectivity index (χ1v) is 10.4. The lowest BCUT2D eigenvalue weighted by Gasteiger charge is -2.22. The van der Waals surface area contributed by atoms with Gasteiger partial charge in [-0.05, 0) is 69.7 Å². The number of primary amides is 1. The van der Waals surface area contributed by atoms with E-state index in [1.54, 1.807) is 31.0 Å². The molecule has 31 heavy (non-hydrogen) atoms. The minimum atomic E-state index is -0.930. The Balaban J connectivity index is 1.55. The van der Waals surface area contributed by atoms with Gasteiger partial charge in [0.1, 0.15) is 11.2 Å². The number of amides is 2. The number of hydrogen-bond acceptors (Lipinski definition) is 6. The second kappa shape index (κ2) is 7.34. The first-order chi connectivity index (χ1) is 14.7. The summed E-state index contributed by atoms with van der Waals surface area (Å²) in [5.74, 6) is 0.431. The molecule has 0 spiro atoms. The molecule has 2 aromatic rings. The van der Waals surface area contributed by atoms with Crippen LogP contribution in [0.25, 0.3) is 0 Å². The maximum atomic E-state index is 13.2. The molecule has 2 atom stereocenters. The lowest BCUT2D eigenvalue weighted by Crippen LogP contribution is -2.37. The predicted octanol–water partition coefficient (Wildman–Crippen LogP) is 3.03. The van der Waals surface area contributed by atoms with Gasteiger partial charge in [0.05, 0.1) is 11.5 Å². The van der Waals surface area contributed by atoms with Gasteiger partial charge in [0, 0.05) is 17.9 Å². The van der Waals surface area contributed by atoms with Crippen molar-refractivity contribution in [1.29, 1.82) is 5.26 Å². The molecular formula is C23H26N6O2. The van der Waals surface area contributed by atoms with E-state index in [1.165, 1.54) is 0 Å². The maximum absolute atomic E-state index is 13.2. The van der Waals surface area contributed by atoms with Gasteiger partial charge in [-0.25, -0.2) is 4.98 Å². The molecule has 0 radical (unpaired) electrons. The van der Waals surface area contributed by atoms with Gasteiger partial charge in [-0.2, -0.15) is 10.2 Å². The Bertz CT molecular complexity index is 1070. The van der Waals surface area contributed by atoms with E-state index in [4.69, 9.17) is 5.73 Å². The zero-order chi connectivity index (χ0) is 22.4. The summed E-state index contributed by atoms with van der Waals surface area (Å²) in [6, 6.07) is 11.2. The Labute approximate surface area is 181 Å². The molecule has 2 heterocycles. The average Bonchev–Trinajstić information content (AvgIpc) is 3.55. The number of nitrogens with two attached hydrogens (primary N) is 1. The lowest BCUT2D eigenvalue weighted by atomic mass is 9.81. The molecule has 2 aliphatic rings. The van der Waals surface area contributed by atoms with E-state index in [1.807, 2.05) is 31.2 Å². The predicted molar refractivity (Wildman–Crippen MR) is 116 cm³/mol. The van der Waals surface area contributed by atoms with Gasteiger partial charge < -0.3 is 11.1 Å². The smallest absolute Gasteiger partial charge is 0.249 e. The highest BCUT2D eigenvalue weighted by molar-refractivity contribution is 6.02. The number of carbonyl (C=O) groups is 2. The van der Waals surface area contributed by atoms with Gasteiger partial charge in [0.2, 0.25) is 17.8 Å². The number of hydrogen-bond donors (Lipinski definition) is 2. The summed E-state index contributed by atoms with van der Waals surface area (Å²) in [7, 11) is 0. The van der Waals surface area contributed by atoms with Crippen molar-refractivity contribution in [2.24, 2.45) is 17.1 Å². The van der Waals surface area contributed by atoms with Crippen LogP contribution in [0.5, 0.6) is 0 Å². The van der Waals surface area contributed by atoms with Crippen LogP contribution < -0.4 is 16.0 Å². The summed E-state index contributed by atoms with van der Waals surface area (Å²) < 4.78 is 0. The Hall–Kier alpha value is -3.47. The first kappa shape index (κ1) is 20.8. The zero-order valence-electron chi connectivity index (χ0n) is 17.9. The first-order valence-electron chi connectivity index (χ1n) is 10.4. The van der Waals surface area contributed by atoms with Gasteiger partial charge in [0.25, 0.3) is 0 Å². The van der Waals surface area contributed by atoms with Crippen molar-refractivity contribution in [3.05, 3.63) is 42.1 Å². The van der Waals surface area contributed by atoms with Crippen molar-refractivity contribution >= 4 is 29.3 Å². The average molecular weight is 419 g/mol. The van der Waals surface area contributed by atoms with Crippen LogP contribution in [0, 0.1) is 22.7 Å². The fraction of sp³-hybridized carbons (Fsp3) is 0.435. The molecule has 1 aliphatic heterocycles. The van der Waals surface area contributed by atoms with Crippen molar-refractivity contribution in [2.45, 2.75) is 51.5 Å². The molecule has 2 amide bonds. The number of nitriles is 1. The van der Waals surface area contributed by atoms with Gasteiger partial charge in [0.15, 0.2) is 0 Å². The lowest BCUT2D eigenvalue weighted by molar-refractivity contribution is -0.124. The third-order valence-corrected chi connectivity index (χ3v) is 6.50. The molecule has 3 N–H and O–H groups in total. The number of anilines is 3. The van der Waals surface area contributed by atoms with E-state index < -0.39 is 16.7 Å². The molecular weight excluding hydrogens is 392 g/mol. The van der Waals surface area contributed by atoms with E-state index in [9.17, 15) is 14.9 Å². The highest BCUT2D eigenvalue weighted by atomic mass is 16.2. The normalized spacial score (nSPS) is 23.5. The van der Waals surface area contributed by atoms with E-state index in [0.29, 0.717) is 18.2 Å². The Morgan fingerprint density at radius 2 is 1.97 bits per heavy atom. The largest absolute Gasteiger partial charge is 0.369 e. The van der Waals surface area contributed by atoms with Crippen LogP contribution in [0.3, 0.4) is 0 Å². The van der Waals surface area contributed by atoms with Crippen LogP contribution in [0.4, 0.5) is 17.5 Å². The summed E-state index contributed by atoms with van der Waals surface area (Å²) in [5, 5.41) is 12.9. The van der Waals surface area contributed by atoms with Crippen LogP contribution in [0.1, 0.15) is 45.6 Å². The highest BCUT2D eigenvalue weighted by Gasteiger charge is 2.59. The third kappa shape index (κ3) is 3.50. The number of nitrogens with one attached hydrogen (secondary N) is 1. The molecule has 0 unspecified atom stereocenters. The Morgan fingerprint density at radius 1 is 1.29 bits per heavy atom. The molecule has 160 valence electrons. The van der Waals surface area contributed by atoms with Gasteiger partial charge in [-0.15, -0.1) is 0 Å². The number of rotatable bonds is 6.